The minimum Gasteiger partial charge on any atom is -0.452 e. The van der Waals surface area contributed by atoms with Crippen molar-refractivity contribution in [1.82, 2.24) is 10.1 Å². The van der Waals surface area contributed by atoms with Crippen LogP contribution >= 0.6 is 0 Å². The van der Waals surface area contributed by atoms with Crippen molar-refractivity contribution in [1.29, 1.82) is 0 Å². The van der Waals surface area contributed by atoms with Gasteiger partial charge in [0, 0.05) is 0 Å². The molecule has 0 N–H and O–H groups in total. The molecule has 0 aliphatic heterocycles. The van der Waals surface area contributed by atoms with Gasteiger partial charge in [0.15, 0.2) is 5.82 Å². The predicted octanol–water partition coefficient (Wildman–Crippen LogP) is 0.387. The van der Waals surface area contributed by atoms with Gasteiger partial charge in [0.05, 0.1) is 7.11 Å². The van der Waals surface area contributed by atoms with Crippen LogP contribution in [-0.2, 0) is 0 Å². The molecule has 0 fully saturated rings. The number of nitrogens with zero attached hydrogens (tertiary/aromatic N) is 2. The second-order valence-corrected chi connectivity index (χ2v) is 1.31. The number of aryl methyl sites for hydroxylation is 1. The van der Waals surface area contributed by atoms with Crippen molar-refractivity contribution in [3.05, 3.63) is 5.82 Å². The average Bonchev–Trinajstić information content (AvgIpc) is 2.14. The van der Waals surface area contributed by atoms with Gasteiger partial charge in [-0.25, -0.2) is 0 Å². The third kappa shape index (κ3) is 0.776. The van der Waals surface area contributed by atoms with Gasteiger partial charge in [0.2, 0.25) is 0 Å². The fourth-order valence-electron chi connectivity index (χ4n) is 0.361. The van der Waals surface area contributed by atoms with Gasteiger partial charge in [-0.3, -0.25) is 4.52 Å². The minimum atomic E-state index is 0.211. The summed E-state index contributed by atoms with van der Waals surface area (Å²) in [5, 5.41) is 3.48. The highest BCUT2D eigenvalue weighted by Gasteiger charge is 1.97. The molecule has 4 nitrogen and oxygen atoms in total. The zero-order chi connectivity index (χ0) is 5.98. The first-order valence-electron chi connectivity index (χ1n) is 2.17. The third-order valence-electron chi connectivity index (χ3n) is 0.684. The first kappa shape index (κ1) is 5.08. The van der Waals surface area contributed by atoms with Gasteiger partial charge in [-0.15, -0.1) is 0 Å². The van der Waals surface area contributed by atoms with E-state index in [-0.39, 0.29) is 6.08 Å². The first-order valence-corrected chi connectivity index (χ1v) is 2.17. The fourth-order valence-corrected chi connectivity index (χ4v) is 0.361. The Morgan fingerprint density at radius 2 is 2.38 bits per heavy atom. The molecule has 0 spiro atoms. The van der Waals surface area contributed by atoms with Crippen LogP contribution in [0.15, 0.2) is 4.52 Å². The molecule has 0 radical (unpaired) electrons. The van der Waals surface area contributed by atoms with Crippen LogP contribution in [-0.4, -0.2) is 17.3 Å². The van der Waals surface area contributed by atoms with Crippen molar-refractivity contribution < 1.29 is 9.26 Å². The van der Waals surface area contributed by atoms with E-state index < -0.39 is 0 Å². The van der Waals surface area contributed by atoms with Crippen LogP contribution in [0.5, 0.6) is 6.08 Å². The Labute approximate surface area is 46.5 Å². The SMILES string of the molecule is COc1nc(C)no1. The predicted molar refractivity (Wildman–Crippen MR) is 25.6 cm³/mol. The van der Waals surface area contributed by atoms with Crippen LogP contribution in [0, 0.1) is 6.92 Å². The maximum Gasteiger partial charge on any atom is 0.417 e. The first-order chi connectivity index (χ1) is 3.83. The lowest BCUT2D eigenvalue weighted by molar-refractivity contribution is 0.250. The lowest BCUT2D eigenvalue weighted by atomic mass is 10.8. The summed E-state index contributed by atoms with van der Waals surface area (Å²) in [5.74, 6) is 0.585. The highest BCUT2D eigenvalue weighted by molar-refractivity contribution is 4.85. The van der Waals surface area contributed by atoms with Gasteiger partial charge in [0.1, 0.15) is 0 Å². The van der Waals surface area contributed by atoms with E-state index in [1.165, 1.54) is 7.11 Å². The Morgan fingerprint density at radius 3 is 2.62 bits per heavy atom. The molecule has 0 saturated heterocycles. The molecule has 1 heterocycles. The van der Waals surface area contributed by atoms with E-state index in [4.69, 9.17) is 0 Å². The lowest BCUT2D eigenvalue weighted by Gasteiger charge is -1.81. The zero-order valence-corrected chi connectivity index (χ0v) is 4.71. The Kier molecular flexibility index (Phi) is 1.15. The standard InChI is InChI=1S/C4H6N2O2/c1-3-5-4(7-2)8-6-3/h1-2H3. The number of rotatable bonds is 1. The van der Waals surface area contributed by atoms with Crippen molar-refractivity contribution in [2.75, 3.05) is 7.11 Å². The largest absolute Gasteiger partial charge is 0.452 e. The van der Waals surface area contributed by atoms with E-state index in [0.717, 1.165) is 0 Å². The number of hydrogen-bond acceptors (Lipinski definition) is 4. The molecule has 8 heavy (non-hydrogen) atoms. The van der Waals surface area contributed by atoms with Gasteiger partial charge < -0.3 is 4.74 Å². The highest BCUT2D eigenvalue weighted by atomic mass is 16.6. The topological polar surface area (TPSA) is 48.2 Å². The summed E-state index contributed by atoms with van der Waals surface area (Å²) in [5.41, 5.74) is 0. The Balaban J connectivity index is 2.84. The zero-order valence-electron chi connectivity index (χ0n) is 4.71. The molecule has 0 aliphatic carbocycles. The monoisotopic (exact) mass is 114 g/mol. The molecular formula is C4H6N2O2. The Hall–Kier alpha value is -1.06. The van der Waals surface area contributed by atoms with Crippen LogP contribution in [0.2, 0.25) is 0 Å². The van der Waals surface area contributed by atoms with E-state index in [1.807, 2.05) is 0 Å². The molecule has 0 saturated carbocycles. The molecular weight excluding hydrogens is 108 g/mol. The van der Waals surface area contributed by atoms with Crippen molar-refractivity contribution in [3.8, 4) is 6.08 Å². The molecule has 1 rings (SSSR count). The van der Waals surface area contributed by atoms with Gasteiger partial charge >= 0.3 is 6.08 Å². The minimum absolute atomic E-state index is 0.211. The maximum atomic E-state index is 4.59. The molecule has 0 amide bonds. The van der Waals surface area contributed by atoms with Gasteiger partial charge in [-0.1, -0.05) is 5.16 Å². The molecule has 0 aromatic carbocycles. The van der Waals surface area contributed by atoms with Crippen LogP contribution in [0.25, 0.3) is 0 Å². The summed E-state index contributed by atoms with van der Waals surface area (Å²) >= 11 is 0. The number of aromatic nitrogens is 2. The smallest absolute Gasteiger partial charge is 0.417 e. The van der Waals surface area contributed by atoms with E-state index in [2.05, 4.69) is 19.4 Å². The van der Waals surface area contributed by atoms with Crippen molar-refractivity contribution in [2.45, 2.75) is 6.92 Å². The van der Waals surface area contributed by atoms with Crippen LogP contribution in [0.4, 0.5) is 0 Å². The Morgan fingerprint density at radius 1 is 1.62 bits per heavy atom. The highest BCUT2D eigenvalue weighted by Crippen LogP contribution is 2.02. The summed E-state index contributed by atoms with van der Waals surface area (Å²) < 4.78 is 9.12. The summed E-state index contributed by atoms with van der Waals surface area (Å²) in [4.78, 5) is 3.73. The van der Waals surface area contributed by atoms with Gasteiger partial charge in [-0.05, 0) is 6.92 Å². The normalized spacial score (nSPS) is 9.25. The second-order valence-electron chi connectivity index (χ2n) is 1.31. The summed E-state index contributed by atoms with van der Waals surface area (Å²) in [6.45, 7) is 1.73. The molecule has 0 atom stereocenters. The van der Waals surface area contributed by atoms with Crippen LogP contribution in [0.1, 0.15) is 5.82 Å². The molecule has 1 aromatic heterocycles. The second kappa shape index (κ2) is 1.81. The molecule has 1 aromatic rings. The molecule has 44 valence electrons. The Bertz CT molecular complexity index is 172. The van der Waals surface area contributed by atoms with E-state index in [9.17, 15) is 0 Å². The molecule has 0 unspecified atom stereocenters. The summed E-state index contributed by atoms with van der Waals surface area (Å²) in [6.07, 6.45) is 0.211. The summed E-state index contributed by atoms with van der Waals surface area (Å²) in [7, 11) is 1.48. The maximum absolute atomic E-state index is 4.59. The summed E-state index contributed by atoms with van der Waals surface area (Å²) in [6, 6.07) is 0. The van der Waals surface area contributed by atoms with E-state index in [0.29, 0.717) is 5.82 Å². The van der Waals surface area contributed by atoms with Crippen molar-refractivity contribution >= 4 is 0 Å². The number of methoxy groups -OCH3 is 1. The molecule has 4 heteroatoms. The van der Waals surface area contributed by atoms with Gasteiger partial charge in [-0.2, -0.15) is 4.98 Å². The number of ether oxygens (including phenoxy) is 1. The molecule has 0 bridgehead atoms. The van der Waals surface area contributed by atoms with Crippen molar-refractivity contribution in [2.24, 2.45) is 0 Å². The van der Waals surface area contributed by atoms with Crippen LogP contribution < -0.4 is 4.74 Å². The molecule has 0 aliphatic rings. The van der Waals surface area contributed by atoms with Crippen molar-refractivity contribution in [3.63, 3.8) is 0 Å². The van der Waals surface area contributed by atoms with E-state index >= 15 is 0 Å². The van der Waals surface area contributed by atoms with Gasteiger partial charge in [0.25, 0.3) is 0 Å². The van der Waals surface area contributed by atoms with E-state index in [1.54, 1.807) is 6.92 Å². The third-order valence-corrected chi connectivity index (χ3v) is 0.684. The number of hydrogen-bond donors (Lipinski definition) is 0. The fraction of sp³-hybridized carbons (Fsp3) is 0.500. The average molecular weight is 114 g/mol. The quantitative estimate of drug-likeness (QED) is 0.529. The van der Waals surface area contributed by atoms with Crippen LogP contribution in [0.3, 0.4) is 0 Å². The lowest BCUT2D eigenvalue weighted by Crippen LogP contribution is -1.80.